The van der Waals surface area contributed by atoms with Crippen molar-refractivity contribution in [2.24, 2.45) is 0 Å². The van der Waals surface area contributed by atoms with Gasteiger partial charge in [0.25, 0.3) is 5.56 Å². The maximum atomic E-state index is 13.1. The second-order valence-electron chi connectivity index (χ2n) is 4.56. The molecule has 3 rings (SSSR count). The van der Waals surface area contributed by atoms with E-state index in [0.717, 1.165) is 6.07 Å². The number of carbonyl (C=O) groups is 2. The van der Waals surface area contributed by atoms with E-state index in [9.17, 15) is 14.4 Å². The van der Waals surface area contributed by atoms with Crippen LogP contribution in [0.1, 0.15) is 39.3 Å². The number of hydrogen-bond donors (Lipinski definition) is 1. The Kier molecular flexibility index (Phi) is 1.84. The van der Waals surface area contributed by atoms with Gasteiger partial charge in [-0.2, -0.15) is 0 Å². The van der Waals surface area contributed by atoms with Crippen molar-refractivity contribution in [3.05, 3.63) is 34.3 Å². The first-order valence-electron chi connectivity index (χ1n) is 9.32. The summed E-state index contributed by atoms with van der Waals surface area (Å²) in [5.41, 5.74) is 4.30. The van der Waals surface area contributed by atoms with Gasteiger partial charge in [0.15, 0.2) is 5.78 Å². The highest BCUT2D eigenvalue weighted by molar-refractivity contribution is 6.03. The van der Waals surface area contributed by atoms with Crippen molar-refractivity contribution in [1.82, 2.24) is 9.55 Å². The van der Waals surface area contributed by atoms with Crippen LogP contribution in [0.5, 0.6) is 0 Å². The van der Waals surface area contributed by atoms with Crippen molar-refractivity contribution in [3.8, 4) is 0 Å². The van der Waals surface area contributed by atoms with Crippen molar-refractivity contribution in [2.45, 2.75) is 32.1 Å². The van der Waals surface area contributed by atoms with Gasteiger partial charge in [-0.25, -0.2) is 4.98 Å². The van der Waals surface area contributed by atoms with Crippen LogP contribution in [0.2, 0.25) is 0 Å². The summed E-state index contributed by atoms with van der Waals surface area (Å²) in [5, 5.41) is -0.346. The Morgan fingerprint density at radius 3 is 3.10 bits per heavy atom. The number of aryl methyl sites for hydroxylation is 1. The number of fused-ring (bicyclic) bond motifs is 1. The summed E-state index contributed by atoms with van der Waals surface area (Å²) in [6, 6.07) is -1.99. The molecule has 1 saturated carbocycles. The molecular weight excluding hydrogens is 270 g/mol. The van der Waals surface area contributed by atoms with Gasteiger partial charge in [-0.15, -0.1) is 0 Å². The van der Waals surface area contributed by atoms with E-state index in [-0.39, 0.29) is 34.5 Å². The van der Waals surface area contributed by atoms with E-state index in [4.69, 9.17) is 14.0 Å². The van der Waals surface area contributed by atoms with Crippen LogP contribution in [0.4, 0.5) is 5.69 Å². The lowest BCUT2D eigenvalue weighted by molar-refractivity contribution is -0.132. The van der Waals surface area contributed by atoms with Gasteiger partial charge in [-0.1, -0.05) is 6.07 Å². The molecule has 1 heterocycles. The zero-order valence-corrected chi connectivity index (χ0v) is 10.9. The van der Waals surface area contributed by atoms with Crippen LogP contribution in [0.3, 0.4) is 0 Å². The Hall–Kier alpha value is -2.50. The average Bonchev–Trinajstić information content (AvgIpc) is 2.57. The monoisotopic (exact) mass is 291 g/mol. The van der Waals surface area contributed by atoms with Crippen LogP contribution in [0, 0.1) is 6.90 Å². The Bertz CT molecular complexity index is 1070. The molecular formula is C15H15N3O3. The molecule has 2 N–H and O–H groups in total. The number of aromatic nitrogens is 2. The van der Waals surface area contributed by atoms with E-state index in [2.05, 4.69) is 4.98 Å². The number of ketones is 2. The summed E-state index contributed by atoms with van der Waals surface area (Å²) in [7, 11) is 0. The van der Waals surface area contributed by atoms with Gasteiger partial charge in [0.2, 0.25) is 0 Å². The molecule has 1 fully saturated rings. The smallest absolute Gasteiger partial charge is 0.264 e. The largest absolute Gasteiger partial charge is 0.398 e. The molecule has 0 saturated heterocycles. The number of carbonyl (C=O) groups excluding carboxylic acids is 2. The van der Waals surface area contributed by atoms with Gasteiger partial charge < -0.3 is 5.73 Å². The predicted molar refractivity (Wildman–Crippen MR) is 78.1 cm³/mol. The summed E-state index contributed by atoms with van der Waals surface area (Å²) in [4.78, 5) is 41.3. The van der Waals surface area contributed by atoms with Crippen LogP contribution >= 0.6 is 0 Å². The average molecular weight is 291 g/mol. The van der Waals surface area contributed by atoms with E-state index in [1.807, 2.05) is 0 Å². The molecule has 0 amide bonds. The quantitative estimate of drug-likeness (QED) is 0.628. The molecule has 6 nitrogen and oxygen atoms in total. The van der Waals surface area contributed by atoms with Crippen molar-refractivity contribution in [3.63, 3.8) is 0 Å². The lowest BCUT2D eigenvalue weighted by Crippen LogP contribution is -2.36. The molecule has 0 radical (unpaired) electrons. The van der Waals surface area contributed by atoms with Crippen molar-refractivity contribution < 1.29 is 17.8 Å². The zero-order chi connectivity index (χ0) is 20.3. The number of Topliss-reactive ketones (excluding diaryl/α,β-unsaturated/α-hetero) is 2. The number of nitrogen functional groups attached to an aromatic ring is 1. The van der Waals surface area contributed by atoms with Crippen LogP contribution in [0.15, 0.2) is 22.9 Å². The number of nitrogens with zero attached hydrogens (tertiary/aromatic N) is 2. The fourth-order valence-corrected chi connectivity index (χ4v) is 2.24. The van der Waals surface area contributed by atoms with E-state index in [1.54, 1.807) is 0 Å². The Balaban J connectivity index is 2.43. The molecule has 1 aromatic carbocycles. The first-order valence-corrected chi connectivity index (χ1v) is 6.11. The molecule has 21 heavy (non-hydrogen) atoms. The van der Waals surface area contributed by atoms with E-state index in [0.29, 0.717) is 4.57 Å². The van der Waals surface area contributed by atoms with Gasteiger partial charge in [-0.05, 0) is 25.4 Å². The van der Waals surface area contributed by atoms with Gasteiger partial charge in [0, 0.05) is 16.2 Å². The van der Waals surface area contributed by atoms with E-state index in [1.165, 1.54) is 0 Å². The molecule has 0 bridgehead atoms. The third-order valence-corrected chi connectivity index (χ3v) is 3.22. The normalized spacial score (nSPS) is 29.1. The second-order valence-corrected chi connectivity index (χ2v) is 4.56. The lowest BCUT2D eigenvalue weighted by Gasteiger charge is -2.24. The first-order chi connectivity index (χ1) is 12.4. The third kappa shape index (κ3) is 2.12. The number of hydrogen-bond acceptors (Lipinski definition) is 5. The fraction of sp³-hybridized carbons (Fsp3) is 0.333. The predicted octanol–water partition coefficient (Wildman–Crippen LogP) is 1.15. The summed E-state index contributed by atoms with van der Waals surface area (Å²) >= 11 is 0. The van der Waals surface area contributed by atoms with Crippen LogP contribution in [-0.2, 0) is 9.59 Å². The Morgan fingerprint density at radius 2 is 2.33 bits per heavy atom. The molecule has 6 heteroatoms. The SMILES string of the molecule is [2H]Cc1nc2c([2H])cc([2H])c(N)c2c(=O)n1C1([2H])CC([2H])([2H])C(=O)CC1=O. The molecule has 2 aromatic rings. The molecule has 0 spiro atoms. The number of anilines is 1. The molecule has 1 aliphatic rings. The van der Waals surface area contributed by atoms with Gasteiger partial charge in [0.1, 0.15) is 11.6 Å². The number of nitrogens with two attached hydrogens (primary N) is 1. The minimum Gasteiger partial charge on any atom is -0.398 e. The minimum absolute atomic E-state index is 0.169. The van der Waals surface area contributed by atoms with Crippen LogP contribution in [0.25, 0.3) is 10.9 Å². The highest BCUT2D eigenvalue weighted by Crippen LogP contribution is 2.24. The van der Waals surface area contributed by atoms with Gasteiger partial charge in [-0.3, -0.25) is 19.0 Å². The van der Waals surface area contributed by atoms with Crippen LogP contribution < -0.4 is 11.3 Å². The first kappa shape index (κ1) is 8.07. The maximum Gasteiger partial charge on any atom is 0.264 e. The molecule has 1 aromatic heterocycles. The Labute approximate surface area is 129 Å². The summed E-state index contributed by atoms with van der Waals surface area (Å²) in [6.45, 7) is -0.627. The highest BCUT2D eigenvalue weighted by Gasteiger charge is 2.30. The maximum absolute atomic E-state index is 13.1. The molecule has 1 unspecified atom stereocenters. The third-order valence-electron chi connectivity index (χ3n) is 3.22. The lowest BCUT2D eigenvalue weighted by atomic mass is 9.92. The van der Waals surface area contributed by atoms with E-state index < -0.39 is 49.3 Å². The second kappa shape index (κ2) is 4.80. The summed E-state index contributed by atoms with van der Waals surface area (Å²) in [6.07, 6.45) is -4.28. The molecule has 1 atom stereocenters. The molecule has 108 valence electrons. The van der Waals surface area contributed by atoms with Gasteiger partial charge >= 0.3 is 0 Å². The zero-order valence-electron chi connectivity index (χ0n) is 16.9. The van der Waals surface area contributed by atoms with Crippen molar-refractivity contribution >= 4 is 28.2 Å². The fourth-order valence-electron chi connectivity index (χ4n) is 2.24. The minimum atomic E-state index is -2.51. The Morgan fingerprint density at radius 1 is 1.52 bits per heavy atom. The topological polar surface area (TPSA) is 95.0 Å². The standard InChI is InChI=1S/C15H15N3O3/c1-8-17-11-4-2-3-10(16)14(11)15(21)18(8)12-6-5-9(19)7-13(12)20/h2-4,12H,5-7,16H2,1H3/i1D,3D,4D,5D2,12D. The number of benzene rings is 1. The summed E-state index contributed by atoms with van der Waals surface area (Å²) in [5.74, 6) is -2.30. The molecule has 1 aliphatic carbocycles. The van der Waals surface area contributed by atoms with E-state index >= 15 is 0 Å². The van der Waals surface area contributed by atoms with Crippen molar-refractivity contribution in [2.75, 3.05) is 5.73 Å². The number of rotatable bonds is 1. The van der Waals surface area contributed by atoms with Gasteiger partial charge in [0.05, 0.1) is 27.5 Å². The molecule has 0 aliphatic heterocycles. The van der Waals surface area contributed by atoms with Crippen LogP contribution in [-0.4, -0.2) is 21.1 Å². The summed E-state index contributed by atoms with van der Waals surface area (Å²) < 4.78 is 47.9. The van der Waals surface area contributed by atoms with Crippen molar-refractivity contribution in [1.29, 1.82) is 0 Å². The highest BCUT2D eigenvalue weighted by atomic mass is 16.2.